The molecule has 2 aromatic heterocycles. The van der Waals surface area contributed by atoms with Crippen molar-refractivity contribution in [1.29, 1.82) is 0 Å². The molecule has 0 radical (unpaired) electrons. The number of methoxy groups -OCH3 is 2. The van der Waals surface area contributed by atoms with Crippen LogP contribution >= 0.6 is 11.8 Å². The molecule has 0 spiro atoms. The predicted molar refractivity (Wildman–Crippen MR) is 136 cm³/mol. The molecule has 9 heteroatoms. The zero-order chi connectivity index (χ0) is 24.8. The number of para-hydroxylation sites is 1. The number of carbonyl (C=O) groups excluding carboxylic acids is 1. The quantitative estimate of drug-likeness (QED) is 0.281. The number of carbonyl (C=O) groups is 1. The number of pyridine rings is 1. The van der Waals surface area contributed by atoms with E-state index >= 15 is 0 Å². The molecule has 1 amide bonds. The summed E-state index contributed by atoms with van der Waals surface area (Å²) in [6.07, 6.45) is 3.40. The summed E-state index contributed by atoms with van der Waals surface area (Å²) < 4.78 is 12.3. The van der Waals surface area contributed by atoms with Crippen LogP contribution in [0.3, 0.4) is 0 Å². The van der Waals surface area contributed by atoms with Gasteiger partial charge in [-0.15, -0.1) is 0 Å². The average Bonchev–Trinajstić information content (AvgIpc) is 2.89. The maximum Gasteiger partial charge on any atom is 0.262 e. The SMILES string of the molecule is COc1ccc(OC)c(C(C)NC(=O)CSc2nc3ccccc3c(=O)n2Cc2cccnc2)c1. The number of nitrogens with one attached hydrogen (secondary N) is 1. The first-order valence-corrected chi connectivity index (χ1v) is 12.0. The highest BCUT2D eigenvalue weighted by Crippen LogP contribution is 2.29. The van der Waals surface area contributed by atoms with E-state index in [1.165, 1.54) is 11.8 Å². The van der Waals surface area contributed by atoms with Gasteiger partial charge in [-0.2, -0.15) is 0 Å². The van der Waals surface area contributed by atoms with Crippen molar-refractivity contribution in [2.75, 3.05) is 20.0 Å². The summed E-state index contributed by atoms with van der Waals surface area (Å²) in [6.45, 7) is 2.19. The van der Waals surface area contributed by atoms with Crippen LogP contribution in [-0.4, -0.2) is 40.4 Å². The van der Waals surface area contributed by atoms with Gasteiger partial charge in [0.25, 0.3) is 5.56 Å². The van der Waals surface area contributed by atoms with Gasteiger partial charge in [0.05, 0.1) is 43.5 Å². The molecule has 1 unspecified atom stereocenters. The number of ether oxygens (including phenoxy) is 2. The van der Waals surface area contributed by atoms with Gasteiger partial charge in [-0.3, -0.25) is 19.1 Å². The Bertz CT molecular complexity index is 1390. The lowest BCUT2D eigenvalue weighted by Gasteiger charge is -2.18. The molecule has 1 atom stereocenters. The number of hydrogen-bond acceptors (Lipinski definition) is 7. The van der Waals surface area contributed by atoms with Crippen LogP contribution in [0.1, 0.15) is 24.1 Å². The van der Waals surface area contributed by atoms with Crippen molar-refractivity contribution in [3.05, 3.63) is 88.5 Å². The Kier molecular flexibility index (Phi) is 7.67. The zero-order valence-corrected chi connectivity index (χ0v) is 20.5. The standard InChI is InChI=1S/C26H26N4O4S/c1-17(21-13-19(33-2)10-11-23(21)34-3)28-24(31)16-35-26-29-22-9-5-4-8-20(22)25(32)30(26)15-18-7-6-12-27-14-18/h4-14,17H,15-16H2,1-3H3,(H,28,31). The molecule has 0 aliphatic heterocycles. The fourth-order valence-electron chi connectivity index (χ4n) is 3.74. The fraction of sp³-hybridized carbons (Fsp3) is 0.231. The lowest BCUT2D eigenvalue weighted by molar-refractivity contribution is -0.119. The minimum Gasteiger partial charge on any atom is -0.497 e. The summed E-state index contributed by atoms with van der Waals surface area (Å²) in [4.78, 5) is 34.9. The van der Waals surface area contributed by atoms with E-state index < -0.39 is 0 Å². The third kappa shape index (κ3) is 5.63. The van der Waals surface area contributed by atoms with Crippen molar-refractivity contribution >= 4 is 28.6 Å². The van der Waals surface area contributed by atoms with Crippen molar-refractivity contribution in [2.24, 2.45) is 0 Å². The van der Waals surface area contributed by atoms with E-state index in [9.17, 15) is 9.59 Å². The van der Waals surface area contributed by atoms with E-state index in [4.69, 9.17) is 9.47 Å². The van der Waals surface area contributed by atoms with E-state index in [1.54, 1.807) is 49.4 Å². The van der Waals surface area contributed by atoms with Crippen molar-refractivity contribution < 1.29 is 14.3 Å². The third-order valence-electron chi connectivity index (χ3n) is 5.50. The molecule has 4 aromatic rings. The van der Waals surface area contributed by atoms with Crippen LogP contribution in [0.25, 0.3) is 10.9 Å². The summed E-state index contributed by atoms with van der Waals surface area (Å²) in [7, 11) is 3.18. The lowest BCUT2D eigenvalue weighted by Crippen LogP contribution is -2.29. The van der Waals surface area contributed by atoms with E-state index in [1.807, 2.05) is 43.3 Å². The highest BCUT2D eigenvalue weighted by Gasteiger charge is 2.18. The van der Waals surface area contributed by atoms with Crippen LogP contribution in [0.5, 0.6) is 11.5 Å². The Morgan fingerprint density at radius 1 is 1.11 bits per heavy atom. The summed E-state index contributed by atoms with van der Waals surface area (Å²) in [5.74, 6) is 1.24. The first kappa shape index (κ1) is 24.3. The van der Waals surface area contributed by atoms with E-state index in [0.29, 0.717) is 34.1 Å². The Balaban J connectivity index is 1.55. The number of hydrogen-bond donors (Lipinski definition) is 1. The van der Waals surface area contributed by atoms with Crippen LogP contribution in [0.15, 0.2) is 76.9 Å². The highest BCUT2D eigenvalue weighted by atomic mass is 32.2. The van der Waals surface area contributed by atoms with Gasteiger partial charge in [0.15, 0.2) is 5.16 Å². The molecule has 35 heavy (non-hydrogen) atoms. The number of aromatic nitrogens is 3. The van der Waals surface area contributed by atoms with Gasteiger partial charge in [0.2, 0.25) is 5.91 Å². The number of amides is 1. The number of thioether (sulfide) groups is 1. The molecule has 0 saturated heterocycles. The second-order valence-electron chi connectivity index (χ2n) is 7.85. The van der Waals surface area contributed by atoms with Crippen molar-refractivity contribution in [3.8, 4) is 11.5 Å². The Labute approximate surface area is 207 Å². The third-order valence-corrected chi connectivity index (χ3v) is 6.48. The van der Waals surface area contributed by atoms with Gasteiger partial charge in [-0.1, -0.05) is 30.0 Å². The van der Waals surface area contributed by atoms with Gasteiger partial charge < -0.3 is 14.8 Å². The van der Waals surface area contributed by atoms with Crippen LogP contribution in [0.4, 0.5) is 0 Å². The van der Waals surface area contributed by atoms with Gasteiger partial charge >= 0.3 is 0 Å². The molecule has 2 heterocycles. The Morgan fingerprint density at radius 2 is 1.94 bits per heavy atom. The van der Waals surface area contributed by atoms with Crippen molar-refractivity contribution in [3.63, 3.8) is 0 Å². The summed E-state index contributed by atoms with van der Waals surface area (Å²) in [6, 6.07) is 16.1. The maximum atomic E-state index is 13.3. The molecular formula is C26H26N4O4S. The second-order valence-corrected chi connectivity index (χ2v) is 8.79. The smallest absolute Gasteiger partial charge is 0.262 e. The van der Waals surface area contributed by atoms with Crippen LogP contribution in [0, 0.1) is 0 Å². The van der Waals surface area contributed by atoms with Gasteiger partial charge in [-0.25, -0.2) is 4.98 Å². The predicted octanol–water partition coefficient (Wildman–Crippen LogP) is 3.83. The highest BCUT2D eigenvalue weighted by molar-refractivity contribution is 7.99. The molecule has 0 aliphatic carbocycles. The first-order valence-electron chi connectivity index (χ1n) is 11.0. The van der Waals surface area contributed by atoms with Crippen molar-refractivity contribution in [2.45, 2.75) is 24.7 Å². The minimum absolute atomic E-state index is 0.0917. The fourth-order valence-corrected chi connectivity index (χ4v) is 4.55. The normalized spacial score (nSPS) is 11.7. The molecule has 8 nitrogen and oxygen atoms in total. The lowest BCUT2D eigenvalue weighted by atomic mass is 10.1. The number of rotatable bonds is 9. The largest absolute Gasteiger partial charge is 0.497 e. The molecule has 0 bridgehead atoms. The van der Waals surface area contributed by atoms with Crippen LogP contribution in [0.2, 0.25) is 0 Å². The number of nitrogens with zero attached hydrogens (tertiary/aromatic N) is 3. The molecule has 0 saturated carbocycles. The summed E-state index contributed by atoms with van der Waals surface area (Å²) >= 11 is 1.22. The molecule has 4 rings (SSSR count). The van der Waals surface area contributed by atoms with Crippen molar-refractivity contribution in [1.82, 2.24) is 19.9 Å². The van der Waals surface area contributed by atoms with Crippen LogP contribution in [-0.2, 0) is 11.3 Å². The molecule has 180 valence electrons. The monoisotopic (exact) mass is 490 g/mol. The second kappa shape index (κ2) is 11.1. The average molecular weight is 491 g/mol. The summed E-state index contributed by atoms with van der Waals surface area (Å²) in [5.41, 5.74) is 2.12. The molecule has 1 N–H and O–H groups in total. The minimum atomic E-state index is -0.310. The maximum absolute atomic E-state index is 13.3. The van der Waals surface area contributed by atoms with Crippen LogP contribution < -0.4 is 20.3 Å². The van der Waals surface area contributed by atoms with Gasteiger partial charge in [0.1, 0.15) is 11.5 Å². The Morgan fingerprint density at radius 3 is 2.69 bits per heavy atom. The van der Waals surface area contributed by atoms with Gasteiger partial charge in [0, 0.05) is 18.0 Å². The zero-order valence-electron chi connectivity index (χ0n) is 19.7. The molecule has 0 fully saturated rings. The Hall–Kier alpha value is -3.85. The number of benzene rings is 2. The van der Waals surface area contributed by atoms with E-state index in [-0.39, 0.29) is 23.3 Å². The molecule has 0 aliphatic rings. The topological polar surface area (TPSA) is 95.3 Å². The molecule has 2 aromatic carbocycles. The molecular weight excluding hydrogens is 464 g/mol. The first-order chi connectivity index (χ1) is 17.0. The summed E-state index contributed by atoms with van der Waals surface area (Å²) in [5, 5.41) is 4.00. The number of fused-ring (bicyclic) bond motifs is 1. The van der Waals surface area contributed by atoms with E-state index in [0.717, 1.165) is 11.1 Å². The van der Waals surface area contributed by atoms with E-state index in [2.05, 4.69) is 15.3 Å². The van der Waals surface area contributed by atoms with Gasteiger partial charge in [-0.05, 0) is 48.9 Å².